The molecule has 0 fully saturated rings. The number of aromatic nitrogens is 1. The zero-order valence-electron chi connectivity index (χ0n) is 10.9. The zero-order chi connectivity index (χ0) is 14.2. The Labute approximate surface area is 117 Å². The van der Waals surface area contributed by atoms with E-state index in [4.69, 9.17) is 4.42 Å². The predicted octanol–water partition coefficient (Wildman–Crippen LogP) is 3.11. The molecule has 4 nitrogen and oxygen atoms in total. The molecule has 0 saturated carbocycles. The van der Waals surface area contributed by atoms with Gasteiger partial charge in [0.15, 0.2) is 15.4 Å². The maximum absolute atomic E-state index is 12.4. The lowest BCUT2D eigenvalue weighted by atomic mass is 10.2. The number of para-hydroxylation sites is 2. The van der Waals surface area contributed by atoms with Crippen LogP contribution in [0.5, 0.6) is 0 Å². The zero-order valence-corrected chi connectivity index (χ0v) is 11.7. The van der Waals surface area contributed by atoms with Crippen molar-refractivity contribution in [2.24, 2.45) is 0 Å². The number of oxazole rings is 1. The van der Waals surface area contributed by atoms with E-state index < -0.39 is 9.84 Å². The van der Waals surface area contributed by atoms with Gasteiger partial charge in [0.05, 0.1) is 4.90 Å². The Hall–Kier alpha value is -2.14. The van der Waals surface area contributed by atoms with E-state index in [1.165, 1.54) is 0 Å². The Morgan fingerprint density at radius 3 is 2.50 bits per heavy atom. The van der Waals surface area contributed by atoms with Crippen molar-refractivity contribution in [3.63, 3.8) is 0 Å². The maximum atomic E-state index is 12.4. The van der Waals surface area contributed by atoms with Crippen LogP contribution in [0.3, 0.4) is 0 Å². The third kappa shape index (κ3) is 2.32. The van der Waals surface area contributed by atoms with Crippen molar-refractivity contribution in [3.05, 3.63) is 60.0 Å². The van der Waals surface area contributed by atoms with Crippen LogP contribution in [0.1, 0.15) is 11.5 Å². The molecule has 0 unspecified atom stereocenters. The smallest absolute Gasteiger partial charge is 0.211 e. The van der Waals surface area contributed by atoms with Crippen LogP contribution in [0, 0.1) is 6.92 Å². The quantitative estimate of drug-likeness (QED) is 0.742. The highest BCUT2D eigenvalue weighted by Crippen LogP contribution is 2.22. The summed E-state index contributed by atoms with van der Waals surface area (Å²) in [5.41, 5.74) is 1.99. The van der Waals surface area contributed by atoms with Gasteiger partial charge >= 0.3 is 0 Å². The third-order valence-corrected chi connectivity index (χ3v) is 4.84. The minimum Gasteiger partial charge on any atom is -0.440 e. The lowest BCUT2D eigenvalue weighted by Gasteiger charge is -2.04. The number of rotatable bonds is 3. The van der Waals surface area contributed by atoms with E-state index >= 15 is 0 Å². The van der Waals surface area contributed by atoms with Gasteiger partial charge in [-0.05, 0) is 30.7 Å². The molecular weight excluding hydrogens is 274 g/mol. The first-order valence-electron chi connectivity index (χ1n) is 6.19. The van der Waals surface area contributed by atoms with Crippen molar-refractivity contribution >= 4 is 20.9 Å². The summed E-state index contributed by atoms with van der Waals surface area (Å²) < 4.78 is 30.3. The van der Waals surface area contributed by atoms with E-state index in [9.17, 15) is 8.42 Å². The molecule has 0 aliphatic heterocycles. The highest BCUT2D eigenvalue weighted by Gasteiger charge is 2.20. The van der Waals surface area contributed by atoms with Crippen LogP contribution in [0.4, 0.5) is 0 Å². The fraction of sp³-hybridized carbons (Fsp3) is 0.133. The molecule has 3 rings (SSSR count). The molecule has 3 aromatic rings. The molecule has 0 saturated heterocycles. The molecule has 0 amide bonds. The summed E-state index contributed by atoms with van der Waals surface area (Å²) >= 11 is 0. The van der Waals surface area contributed by atoms with Gasteiger partial charge in [-0.1, -0.05) is 30.3 Å². The van der Waals surface area contributed by atoms with Crippen molar-refractivity contribution in [3.8, 4) is 0 Å². The third-order valence-electron chi connectivity index (χ3n) is 3.08. The van der Waals surface area contributed by atoms with Crippen molar-refractivity contribution in [1.82, 2.24) is 4.98 Å². The topological polar surface area (TPSA) is 60.2 Å². The molecule has 2 aromatic carbocycles. The van der Waals surface area contributed by atoms with Crippen LogP contribution >= 0.6 is 0 Å². The molecule has 0 N–H and O–H groups in total. The molecule has 1 heterocycles. The minimum atomic E-state index is -3.45. The number of fused-ring (bicyclic) bond motifs is 1. The fourth-order valence-electron chi connectivity index (χ4n) is 2.13. The monoisotopic (exact) mass is 287 g/mol. The van der Waals surface area contributed by atoms with E-state index in [0.717, 1.165) is 5.56 Å². The maximum Gasteiger partial charge on any atom is 0.211 e. The largest absolute Gasteiger partial charge is 0.440 e. The number of hydrogen-bond donors (Lipinski definition) is 0. The molecule has 0 aliphatic rings. The van der Waals surface area contributed by atoms with Crippen LogP contribution in [-0.4, -0.2) is 13.4 Å². The van der Waals surface area contributed by atoms with Crippen LogP contribution in [0.25, 0.3) is 11.1 Å². The highest BCUT2D eigenvalue weighted by molar-refractivity contribution is 7.90. The average molecular weight is 287 g/mol. The predicted molar refractivity (Wildman–Crippen MR) is 76.1 cm³/mol. The molecule has 0 bridgehead atoms. The molecule has 5 heteroatoms. The van der Waals surface area contributed by atoms with E-state index in [0.29, 0.717) is 16.0 Å². The van der Waals surface area contributed by atoms with Gasteiger partial charge in [-0.2, -0.15) is 0 Å². The molecule has 1 aromatic heterocycles. The molecule has 20 heavy (non-hydrogen) atoms. The molecule has 0 aliphatic carbocycles. The SMILES string of the molecule is Cc1ccccc1S(=O)(=O)Cc1nc2ccccc2o1. The van der Waals surface area contributed by atoms with Gasteiger partial charge in [-0.3, -0.25) is 0 Å². The van der Waals surface area contributed by atoms with Gasteiger partial charge < -0.3 is 4.42 Å². The highest BCUT2D eigenvalue weighted by atomic mass is 32.2. The second-order valence-electron chi connectivity index (χ2n) is 4.60. The summed E-state index contributed by atoms with van der Waals surface area (Å²) in [7, 11) is -3.45. The lowest BCUT2D eigenvalue weighted by molar-refractivity contribution is 0.540. The van der Waals surface area contributed by atoms with Gasteiger partial charge in [0.1, 0.15) is 11.3 Å². The van der Waals surface area contributed by atoms with Crippen LogP contribution in [0.2, 0.25) is 0 Å². The summed E-state index contributed by atoms with van der Waals surface area (Å²) in [6.07, 6.45) is 0. The van der Waals surface area contributed by atoms with Crippen molar-refractivity contribution in [2.45, 2.75) is 17.6 Å². The Kier molecular flexibility index (Phi) is 3.06. The molecular formula is C15H13NO3S. The van der Waals surface area contributed by atoms with Crippen LogP contribution < -0.4 is 0 Å². The van der Waals surface area contributed by atoms with E-state index in [2.05, 4.69) is 4.98 Å². The van der Waals surface area contributed by atoms with Gasteiger partial charge in [-0.15, -0.1) is 0 Å². The standard InChI is InChI=1S/C15H13NO3S/c1-11-6-2-5-9-14(11)20(17,18)10-15-16-12-7-3-4-8-13(12)19-15/h2-9H,10H2,1H3. The minimum absolute atomic E-state index is 0.217. The van der Waals surface area contributed by atoms with E-state index in [1.807, 2.05) is 18.2 Å². The summed E-state index contributed by atoms with van der Waals surface area (Å²) in [6.45, 7) is 1.78. The Balaban J connectivity index is 1.99. The van der Waals surface area contributed by atoms with Gasteiger partial charge in [0.25, 0.3) is 0 Å². The molecule has 0 radical (unpaired) electrons. The fourth-order valence-corrected chi connectivity index (χ4v) is 3.58. The Morgan fingerprint density at radius 1 is 1.05 bits per heavy atom. The number of aryl methyl sites for hydroxylation is 1. The van der Waals surface area contributed by atoms with Crippen LogP contribution in [0.15, 0.2) is 57.8 Å². The Morgan fingerprint density at radius 2 is 1.75 bits per heavy atom. The first kappa shape index (κ1) is 12.9. The molecule has 102 valence electrons. The first-order valence-corrected chi connectivity index (χ1v) is 7.84. The van der Waals surface area contributed by atoms with Crippen molar-refractivity contribution < 1.29 is 12.8 Å². The molecule has 0 atom stereocenters. The number of hydrogen-bond acceptors (Lipinski definition) is 4. The summed E-state index contributed by atoms with van der Waals surface area (Å²) in [5, 5.41) is 0. The first-order chi connectivity index (χ1) is 9.56. The van der Waals surface area contributed by atoms with Crippen molar-refractivity contribution in [1.29, 1.82) is 0 Å². The second-order valence-corrected chi connectivity index (χ2v) is 6.56. The lowest BCUT2D eigenvalue weighted by Crippen LogP contribution is -2.06. The summed E-state index contributed by atoms with van der Waals surface area (Å²) in [5.74, 6) is -0.0125. The molecule has 0 spiro atoms. The average Bonchev–Trinajstić information content (AvgIpc) is 2.80. The Bertz CT molecular complexity index is 832. The van der Waals surface area contributed by atoms with Crippen LogP contribution in [-0.2, 0) is 15.6 Å². The second kappa shape index (κ2) is 4.76. The van der Waals surface area contributed by atoms with E-state index in [1.54, 1.807) is 37.3 Å². The number of nitrogens with zero attached hydrogens (tertiary/aromatic N) is 1. The van der Waals surface area contributed by atoms with Gasteiger partial charge in [0, 0.05) is 0 Å². The van der Waals surface area contributed by atoms with E-state index in [-0.39, 0.29) is 11.6 Å². The number of sulfone groups is 1. The summed E-state index contributed by atoms with van der Waals surface area (Å²) in [4.78, 5) is 4.53. The normalized spacial score (nSPS) is 11.8. The van der Waals surface area contributed by atoms with Gasteiger partial charge in [-0.25, -0.2) is 13.4 Å². The summed E-state index contributed by atoms with van der Waals surface area (Å²) in [6, 6.07) is 14.1. The number of benzene rings is 2. The van der Waals surface area contributed by atoms with Gasteiger partial charge in [0.2, 0.25) is 5.89 Å². The van der Waals surface area contributed by atoms with Crippen molar-refractivity contribution in [2.75, 3.05) is 0 Å².